The number of piperazine rings is 1. The van der Waals surface area contributed by atoms with Crippen LogP contribution < -0.4 is 0 Å². The first-order valence-corrected chi connectivity index (χ1v) is 10.8. The van der Waals surface area contributed by atoms with Crippen molar-refractivity contribution in [2.75, 3.05) is 31.9 Å². The van der Waals surface area contributed by atoms with E-state index in [4.69, 9.17) is 4.52 Å². The normalized spacial score (nSPS) is 14.4. The number of hydrogen-bond acceptors (Lipinski definition) is 5. The van der Waals surface area contributed by atoms with Gasteiger partial charge in [-0.15, -0.1) is 11.8 Å². The van der Waals surface area contributed by atoms with Crippen molar-refractivity contribution in [1.29, 1.82) is 0 Å². The van der Waals surface area contributed by atoms with Crippen LogP contribution in [0.15, 0.2) is 28.8 Å². The van der Waals surface area contributed by atoms with Crippen molar-refractivity contribution in [2.45, 2.75) is 32.9 Å². The molecule has 150 valence electrons. The summed E-state index contributed by atoms with van der Waals surface area (Å²) >= 11 is 1.58. The second-order valence-electron chi connectivity index (χ2n) is 7.02. The van der Waals surface area contributed by atoms with Gasteiger partial charge in [-0.3, -0.25) is 9.59 Å². The summed E-state index contributed by atoms with van der Waals surface area (Å²) in [6, 6.07) is 7.79. The number of benzene rings is 1. The highest BCUT2D eigenvalue weighted by atomic mass is 32.2. The smallest absolute Gasteiger partial charge is 0.253 e. The highest BCUT2D eigenvalue weighted by Gasteiger charge is 2.24. The summed E-state index contributed by atoms with van der Waals surface area (Å²) in [5.74, 6) is 2.13. The largest absolute Gasteiger partial charge is 0.361 e. The molecule has 2 amide bonds. The predicted octanol–water partition coefficient (Wildman–Crippen LogP) is 3.07. The molecule has 7 heteroatoms. The SMILES string of the molecule is CCc1ccc(C(=O)N2CCN(C(=O)CSCc3c(C)noc3C)CC2)cc1. The first-order valence-electron chi connectivity index (χ1n) is 9.65. The lowest BCUT2D eigenvalue weighted by molar-refractivity contribution is -0.129. The van der Waals surface area contributed by atoms with Crippen LogP contribution in [0, 0.1) is 13.8 Å². The van der Waals surface area contributed by atoms with E-state index in [0.29, 0.717) is 37.5 Å². The fraction of sp³-hybridized carbons (Fsp3) is 0.476. The Morgan fingerprint density at radius 3 is 2.29 bits per heavy atom. The van der Waals surface area contributed by atoms with Gasteiger partial charge in [0.2, 0.25) is 5.91 Å². The van der Waals surface area contributed by atoms with E-state index < -0.39 is 0 Å². The minimum atomic E-state index is 0.0440. The molecule has 3 rings (SSSR count). The van der Waals surface area contributed by atoms with Crippen molar-refractivity contribution in [3.63, 3.8) is 0 Å². The highest BCUT2D eigenvalue weighted by molar-refractivity contribution is 7.99. The van der Waals surface area contributed by atoms with E-state index in [1.807, 2.05) is 47.9 Å². The van der Waals surface area contributed by atoms with Crippen LogP contribution in [0.5, 0.6) is 0 Å². The Kier molecular flexibility index (Phi) is 6.78. The molecule has 2 aromatic rings. The van der Waals surface area contributed by atoms with Crippen LogP contribution in [0.3, 0.4) is 0 Å². The molecule has 1 aliphatic rings. The van der Waals surface area contributed by atoms with Crippen molar-refractivity contribution < 1.29 is 14.1 Å². The lowest BCUT2D eigenvalue weighted by Gasteiger charge is -2.34. The third-order valence-corrected chi connectivity index (χ3v) is 6.13. The topological polar surface area (TPSA) is 66.7 Å². The molecular formula is C21H27N3O3S. The van der Waals surface area contributed by atoms with Crippen molar-refractivity contribution in [1.82, 2.24) is 15.0 Å². The van der Waals surface area contributed by atoms with Gasteiger partial charge in [-0.05, 0) is 38.0 Å². The fourth-order valence-electron chi connectivity index (χ4n) is 3.26. The molecule has 1 saturated heterocycles. The van der Waals surface area contributed by atoms with Gasteiger partial charge >= 0.3 is 0 Å². The average Bonchev–Trinajstić information content (AvgIpc) is 3.05. The van der Waals surface area contributed by atoms with Crippen LogP contribution in [-0.2, 0) is 17.0 Å². The number of hydrogen-bond donors (Lipinski definition) is 0. The second-order valence-corrected chi connectivity index (χ2v) is 8.00. The highest BCUT2D eigenvalue weighted by Crippen LogP contribution is 2.20. The molecular weight excluding hydrogens is 374 g/mol. The second kappa shape index (κ2) is 9.28. The van der Waals surface area contributed by atoms with Gasteiger partial charge in [-0.2, -0.15) is 0 Å². The minimum Gasteiger partial charge on any atom is -0.361 e. The van der Waals surface area contributed by atoms with E-state index >= 15 is 0 Å². The summed E-state index contributed by atoms with van der Waals surface area (Å²) in [5, 5.41) is 3.94. The number of thioether (sulfide) groups is 1. The Morgan fingerprint density at radius 2 is 1.71 bits per heavy atom. The number of nitrogens with zero attached hydrogens (tertiary/aromatic N) is 3. The van der Waals surface area contributed by atoms with E-state index in [2.05, 4.69) is 12.1 Å². The third kappa shape index (κ3) is 4.76. The van der Waals surface area contributed by atoms with Gasteiger partial charge in [-0.1, -0.05) is 24.2 Å². The number of aromatic nitrogens is 1. The molecule has 0 N–H and O–H groups in total. The quantitative estimate of drug-likeness (QED) is 0.744. The molecule has 2 heterocycles. The molecule has 1 aromatic heterocycles. The van der Waals surface area contributed by atoms with Crippen LogP contribution in [-0.4, -0.2) is 58.7 Å². The molecule has 0 radical (unpaired) electrons. The molecule has 0 aliphatic carbocycles. The van der Waals surface area contributed by atoms with Crippen molar-refractivity contribution in [3.8, 4) is 0 Å². The maximum Gasteiger partial charge on any atom is 0.253 e. The van der Waals surface area contributed by atoms with Crippen molar-refractivity contribution in [3.05, 3.63) is 52.4 Å². The summed E-state index contributed by atoms with van der Waals surface area (Å²) < 4.78 is 5.16. The van der Waals surface area contributed by atoms with Crippen LogP contribution in [0.1, 0.15) is 39.9 Å². The molecule has 1 fully saturated rings. The van der Waals surface area contributed by atoms with Crippen molar-refractivity contribution in [2.24, 2.45) is 0 Å². The van der Waals surface area contributed by atoms with Crippen LogP contribution in [0.25, 0.3) is 0 Å². The zero-order chi connectivity index (χ0) is 20.1. The first-order chi connectivity index (χ1) is 13.5. The summed E-state index contributed by atoms with van der Waals surface area (Å²) in [7, 11) is 0. The minimum absolute atomic E-state index is 0.0440. The Labute approximate surface area is 170 Å². The van der Waals surface area contributed by atoms with Gasteiger partial charge in [-0.25, -0.2) is 0 Å². The Hall–Kier alpha value is -2.28. The van der Waals surface area contributed by atoms with Crippen molar-refractivity contribution >= 4 is 23.6 Å². The Bertz CT molecular complexity index is 804. The van der Waals surface area contributed by atoms with Gasteiger partial charge in [0.25, 0.3) is 5.91 Å². The van der Waals surface area contributed by atoms with Crippen LogP contribution >= 0.6 is 11.8 Å². The molecule has 1 aromatic carbocycles. The first kappa shape index (κ1) is 20.5. The monoisotopic (exact) mass is 401 g/mol. The van der Waals surface area contributed by atoms with Gasteiger partial charge in [0.15, 0.2) is 0 Å². The number of carbonyl (C=O) groups excluding carboxylic acids is 2. The maximum atomic E-state index is 12.6. The fourth-order valence-corrected chi connectivity index (χ4v) is 4.34. The van der Waals surface area contributed by atoms with E-state index in [1.54, 1.807) is 11.8 Å². The number of carbonyl (C=O) groups is 2. The number of aryl methyl sites for hydroxylation is 3. The van der Waals surface area contributed by atoms with Crippen LogP contribution in [0.4, 0.5) is 0 Å². The molecule has 0 atom stereocenters. The molecule has 0 saturated carbocycles. The Morgan fingerprint density at radius 1 is 1.07 bits per heavy atom. The Balaban J connectivity index is 1.45. The average molecular weight is 402 g/mol. The molecule has 1 aliphatic heterocycles. The summed E-state index contributed by atoms with van der Waals surface area (Å²) in [4.78, 5) is 28.8. The predicted molar refractivity (Wildman–Crippen MR) is 110 cm³/mol. The zero-order valence-corrected chi connectivity index (χ0v) is 17.6. The standard InChI is InChI=1S/C21H27N3O3S/c1-4-17-5-7-18(8-6-17)21(26)24-11-9-23(10-12-24)20(25)14-28-13-19-15(2)22-27-16(19)3/h5-8H,4,9-14H2,1-3H3. The van der Waals surface area contributed by atoms with Gasteiger partial charge in [0.1, 0.15) is 5.76 Å². The van der Waals surface area contributed by atoms with E-state index in [9.17, 15) is 9.59 Å². The molecule has 0 bridgehead atoms. The molecule has 28 heavy (non-hydrogen) atoms. The van der Waals surface area contributed by atoms with Gasteiger partial charge < -0.3 is 14.3 Å². The summed E-state index contributed by atoms with van der Waals surface area (Å²) in [6.07, 6.45) is 0.962. The lowest BCUT2D eigenvalue weighted by atomic mass is 10.1. The number of rotatable bonds is 6. The number of amides is 2. The van der Waals surface area contributed by atoms with Gasteiger partial charge in [0.05, 0.1) is 11.4 Å². The zero-order valence-electron chi connectivity index (χ0n) is 16.7. The van der Waals surface area contributed by atoms with Gasteiger partial charge in [0, 0.05) is 43.1 Å². The third-order valence-electron chi connectivity index (χ3n) is 5.18. The summed E-state index contributed by atoms with van der Waals surface area (Å²) in [6.45, 7) is 8.24. The van der Waals surface area contributed by atoms with E-state index in [1.165, 1.54) is 5.56 Å². The lowest BCUT2D eigenvalue weighted by Crippen LogP contribution is -2.51. The maximum absolute atomic E-state index is 12.6. The summed E-state index contributed by atoms with van der Waals surface area (Å²) in [5.41, 5.74) is 3.90. The molecule has 6 nitrogen and oxygen atoms in total. The van der Waals surface area contributed by atoms with E-state index in [0.717, 1.165) is 29.2 Å². The molecule has 0 spiro atoms. The van der Waals surface area contributed by atoms with E-state index in [-0.39, 0.29) is 11.8 Å². The van der Waals surface area contributed by atoms with Crippen LogP contribution in [0.2, 0.25) is 0 Å². The molecule has 0 unspecified atom stereocenters.